The van der Waals surface area contributed by atoms with Crippen molar-refractivity contribution in [2.75, 3.05) is 18.6 Å². The van der Waals surface area contributed by atoms with Gasteiger partial charge < -0.3 is 14.9 Å². The van der Waals surface area contributed by atoms with Gasteiger partial charge in [0.1, 0.15) is 5.82 Å². The first-order valence-electron chi connectivity index (χ1n) is 4.99. The molecule has 0 amide bonds. The fourth-order valence-electron chi connectivity index (χ4n) is 1.45. The van der Waals surface area contributed by atoms with E-state index in [1.54, 1.807) is 6.20 Å². The van der Waals surface area contributed by atoms with E-state index in [9.17, 15) is 0 Å². The Labute approximate surface area is 88.6 Å². The number of hydrogen-bond acceptors (Lipinski definition) is 5. The lowest BCUT2D eigenvalue weighted by atomic mass is 10.3. The molecule has 0 saturated carbocycles. The summed E-state index contributed by atoms with van der Waals surface area (Å²) < 4.78 is 10.9. The first-order valence-corrected chi connectivity index (χ1v) is 4.99. The third-order valence-electron chi connectivity index (χ3n) is 2.35. The Morgan fingerprint density at radius 2 is 2.53 bits per heavy atom. The number of hydrazine groups is 1. The van der Waals surface area contributed by atoms with Gasteiger partial charge in [-0.15, -0.1) is 0 Å². The van der Waals surface area contributed by atoms with Crippen LogP contribution in [0.1, 0.15) is 12.0 Å². The van der Waals surface area contributed by atoms with E-state index in [1.807, 2.05) is 12.1 Å². The number of ether oxygens (including phenoxy) is 2. The molecule has 0 aliphatic carbocycles. The average Bonchev–Trinajstić information content (AvgIpc) is 2.80. The molecule has 2 heterocycles. The Balaban J connectivity index is 1.82. The van der Waals surface area contributed by atoms with E-state index in [-0.39, 0.29) is 6.10 Å². The van der Waals surface area contributed by atoms with Crippen molar-refractivity contribution in [1.29, 1.82) is 0 Å². The van der Waals surface area contributed by atoms with Crippen LogP contribution in [0.25, 0.3) is 0 Å². The molecule has 0 spiro atoms. The quantitative estimate of drug-likeness (QED) is 0.563. The molecule has 5 heteroatoms. The summed E-state index contributed by atoms with van der Waals surface area (Å²) >= 11 is 0. The van der Waals surface area contributed by atoms with Gasteiger partial charge in [0.05, 0.1) is 19.3 Å². The molecular formula is C10H15N3O2. The Morgan fingerprint density at radius 3 is 3.13 bits per heavy atom. The predicted molar refractivity (Wildman–Crippen MR) is 56.1 cm³/mol. The molecule has 82 valence electrons. The van der Waals surface area contributed by atoms with Crippen LogP contribution in [-0.4, -0.2) is 24.3 Å². The predicted octanol–water partition coefficient (Wildman–Crippen LogP) is 0.673. The van der Waals surface area contributed by atoms with Crippen LogP contribution in [-0.2, 0) is 16.1 Å². The van der Waals surface area contributed by atoms with E-state index in [4.69, 9.17) is 15.3 Å². The lowest BCUT2D eigenvalue weighted by molar-refractivity contribution is 0.0316. The zero-order valence-electron chi connectivity index (χ0n) is 8.48. The van der Waals surface area contributed by atoms with E-state index in [0.717, 1.165) is 18.6 Å². The Kier molecular flexibility index (Phi) is 3.49. The Morgan fingerprint density at radius 1 is 1.60 bits per heavy atom. The van der Waals surface area contributed by atoms with Crippen LogP contribution in [0.15, 0.2) is 18.3 Å². The number of nitrogens with two attached hydrogens (primary N) is 1. The highest BCUT2D eigenvalue weighted by atomic mass is 16.5. The van der Waals surface area contributed by atoms with Gasteiger partial charge in [-0.25, -0.2) is 10.8 Å². The molecule has 1 saturated heterocycles. The van der Waals surface area contributed by atoms with Crippen molar-refractivity contribution in [2.24, 2.45) is 5.84 Å². The molecular weight excluding hydrogens is 194 g/mol. The molecule has 1 fully saturated rings. The number of hydrogen-bond donors (Lipinski definition) is 2. The second-order valence-electron chi connectivity index (χ2n) is 3.49. The van der Waals surface area contributed by atoms with Gasteiger partial charge in [-0.3, -0.25) is 0 Å². The van der Waals surface area contributed by atoms with Crippen LogP contribution in [0.3, 0.4) is 0 Å². The topological polar surface area (TPSA) is 69.4 Å². The highest BCUT2D eigenvalue weighted by molar-refractivity contribution is 5.33. The molecule has 1 aromatic rings. The van der Waals surface area contributed by atoms with Gasteiger partial charge in [0.25, 0.3) is 0 Å². The van der Waals surface area contributed by atoms with E-state index < -0.39 is 0 Å². The number of aromatic nitrogens is 1. The smallest absolute Gasteiger partial charge is 0.139 e. The second kappa shape index (κ2) is 5.06. The lowest BCUT2D eigenvalue weighted by Crippen LogP contribution is -2.12. The van der Waals surface area contributed by atoms with Crippen molar-refractivity contribution in [3.8, 4) is 0 Å². The highest BCUT2D eigenvalue weighted by Crippen LogP contribution is 2.11. The minimum Gasteiger partial charge on any atom is -0.379 e. The number of anilines is 1. The van der Waals surface area contributed by atoms with E-state index >= 15 is 0 Å². The number of pyridine rings is 1. The first kappa shape index (κ1) is 10.4. The number of nitrogens with zero attached hydrogens (tertiary/aromatic N) is 1. The second-order valence-corrected chi connectivity index (χ2v) is 3.49. The maximum atomic E-state index is 5.65. The number of nitrogen functional groups attached to an aromatic ring is 1. The van der Waals surface area contributed by atoms with Gasteiger partial charge in [-0.05, 0) is 18.1 Å². The molecule has 3 N–H and O–H groups in total. The van der Waals surface area contributed by atoms with Crippen molar-refractivity contribution in [2.45, 2.75) is 19.1 Å². The monoisotopic (exact) mass is 209 g/mol. The maximum Gasteiger partial charge on any atom is 0.139 e. The summed E-state index contributed by atoms with van der Waals surface area (Å²) in [4.78, 5) is 4.10. The molecule has 1 unspecified atom stereocenters. The van der Waals surface area contributed by atoms with Crippen LogP contribution in [0.4, 0.5) is 5.82 Å². The first-order chi connectivity index (χ1) is 7.38. The number of nitrogens with one attached hydrogen (secondary N) is 1. The fourth-order valence-corrected chi connectivity index (χ4v) is 1.45. The van der Waals surface area contributed by atoms with E-state index in [0.29, 0.717) is 19.0 Å². The zero-order chi connectivity index (χ0) is 10.5. The van der Waals surface area contributed by atoms with Crippen LogP contribution in [0.5, 0.6) is 0 Å². The van der Waals surface area contributed by atoms with Gasteiger partial charge in [0.2, 0.25) is 0 Å². The van der Waals surface area contributed by atoms with Crippen molar-refractivity contribution in [1.82, 2.24) is 4.98 Å². The molecule has 15 heavy (non-hydrogen) atoms. The van der Waals surface area contributed by atoms with Crippen molar-refractivity contribution < 1.29 is 9.47 Å². The van der Waals surface area contributed by atoms with Crippen LogP contribution < -0.4 is 11.3 Å². The Bertz CT molecular complexity index is 296. The zero-order valence-corrected chi connectivity index (χ0v) is 8.48. The van der Waals surface area contributed by atoms with Crippen LogP contribution in [0, 0.1) is 0 Å². The average molecular weight is 209 g/mol. The summed E-state index contributed by atoms with van der Waals surface area (Å²) in [6.45, 7) is 2.08. The summed E-state index contributed by atoms with van der Waals surface area (Å²) in [5, 5.41) is 0. The normalized spacial score (nSPS) is 20.5. The van der Waals surface area contributed by atoms with Crippen molar-refractivity contribution in [3.63, 3.8) is 0 Å². The summed E-state index contributed by atoms with van der Waals surface area (Å²) in [5.74, 6) is 5.87. The molecule has 0 bridgehead atoms. The summed E-state index contributed by atoms with van der Waals surface area (Å²) in [5.41, 5.74) is 3.52. The van der Waals surface area contributed by atoms with Crippen LogP contribution in [0.2, 0.25) is 0 Å². The number of rotatable bonds is 4. The highest BCUT2D eigenvalue weighted by Gasteiger charge is 2.15. The summed E-state index contributed by atoms with van der Waals surface area (Å²) in [7, 11) is 0. The van der Waals surface area contributed by atoms with E-state index in [2.05, 4.69) is 10.4 Å². The maximum absolute atomic E-state index is 5.65. The minimum absolute atomic E-state index is 0.234. The fraction of sp³-hybridized carbons (Fsp3) is 0.500. The lowest BCUT2D eigenvalue weighted by Gasteiger charge is -2.09. The molecule has 0 radical (unpaired) electrons. The molecule has 0 aromatic carbocycles. The van der Waals surface area contributed by atoms with Crippen molar-refractivity contribution >= 4 is 5.82 Å². The van der Waals surface area contributed by atoms with Gasteiger partial charge in [0.15, 0.2) is 0 Å². The molecule has 1 aromatic heterocycles. The van der Waals surface area contributed by atoms with Gasteiger partial charge in [-0.1, -0.05) is 6.07 Å². The van der Waals surface area contributed by atoms with Gasteiger partial charge >= 0.3 is 0 Å². The third-order valence-corrected chi connectivity index (χ3v) is 2.35. The standard InChI is InChI=1S/C10H15N3O2/c11-13-10-2-1-8(5-12-10)6-15-9-3-4-14-7-9/h1-2,5,9H,3-4,6-7,11H2,(H,12,13). The van der Waals surface area contributed by atoms with E-state index in [1.165, 1.54) is 0 Å². The summed E-state index contributed by atoms with van der Waals surface area (Å²) in [6.07, 6.45) is 2.97. The third kappa shape index (κ3) is 2.89. The largest absolute Gasteiger partial charge is 0.379 e. The Hall–Kier alpha value is -1.17. The van der Waals surface area contributed by atoms with Gasteiger partial charge in [-0.2, -0.15) is 0 Å². The van der Waals surface area contributed by atoms with Crippen LogP contribution >= 0.6 is 0 Å². The van der Waals surface area contributed by atoms with Crippen molar-refractivity contribution in [3.05, 3.63) is 23.9 Å². The minimum atomic E-state index is 0.234. The van der Waals surface area contributed by atoms with Gasteiger partial charge in [0, 0.05) is 12.8 Å². The molecule has 5 nitrogen and oxygen atoms in total. The molecule has 1 atom stereocenters. The SMILES string of the molecule is NNc1ccc(COC2CCOC2)cn1. The molecule has 1 aliphatic heterocycles. The molecule has 1 aliphatic rings. The summed E-state index contributed by atoms with van der Waals surface area (Å²) in [6, 6.07) is 3.77. The molecule has 2 rings (SSSR count).